The summed E-state index contributed by atoms with van der Waals surface area (Å²) in [5.41, 5.74) is 1.33. The largest absolute Gasteiger partial charge is 0.322 e. The maximum Gasteiger partial charge on any atom is 0.255 e. The van der Waals surface area contributed by atoms with Gasteiger partial charge in [0.2, 0.25) is 0 Å². The molecule has 0 aliphatic heterocycles. The fourth-order valence-electron chi connectivity index (χ4n) is 2.04. The fraction of sp³-hybridized carbons (Fsp3) is 0. The van der Waals surface area contributed by atoms with Crippen LogP contribution < -0.4 is 5.32 Å². The van der Waals surface area contributed by atoms with Crippen LogP contribution in [0, 0.1) is 0 Å². The molecule has 0 spiro atoms. The predicted molar refractivity (Wildman–Crippen MR) is 91.5 cm³/mol. The Kier molecular flexibility index (Phi) is 4.03. The highest BCUT2D eigenvalue weighted by Gasteiger charge is 2.07. The third kappa shape index (κ3) is 3.31. The number of rotatable bonds is 2. The second-order valence-corrected chi connectivity index (χ2v) is 6.26. The summed E-state index contributed by atoms with van der Waals surface area (Å²) in [5, 5.41) is 5.09. The van der Waals surface area contributed by atoms with E-state index in [1.165, 1.54) is 0 Å². The molecule has 5 heteroatoms. The van der Waals surface area contributed by atoms with Gasteiger partial charge in [0.05, 0.1) is 0 Å². The van der Waals surface area contributed by atoms with E-state index in [0.29, 0.717) is 10.2 Å². The van der Waals surface area contributed by atoms with E-state index in [9.17, 15) is 4.79 Å². The zero-order valence-electron chi connectivity index (χ0n) is 10.8. The number of fused-ring (bicyclic) bond motifs is 1. The number of aromatic nitrogens is 1. The third-order valence-electron chi connectivity index (χ3n) is 3.05. The minimum atomic E-state index is -0.158. The van der Waals surface area contributed by atoms with E-state index >= 15 is 0 Å². The van der Waals surface area contributed by atoms with Gasteiger partial charge in [-0.2, -0.15) is 0 Å². The Hall–Kier alpha value is -1.72. The third-order valence-corrected chi connectivity index (χ3v) is 3.98. The highest BCUT2D eigenvalue weighted by Crippen LogP contribution is 2.23. The minimum Gasteiger partial charge on any atom is -0.322 e. The van der Waals surface area contributed by atoms with Crippen LogP contribution in [0.2, 0.25) is 0 Å². The van der Waals surface area contributed by atoms with Gasteiger partial charge in [-0.05, 0) is 63.1 Å². The fourth-order valence-corrected chi connectivity index (χ4v) is 2.78. The van der Waals surface area contributed by atoms with Crippen LogP contribution in [0.4, 0.5) is 5.69 Å². The second-order valence-electron chi connectivity index (χ2n) is 4.53. The van der Waals surface area contributed by atoms with Crippen LogP contribution in [-0.2, 0) is 0 Å². The second kappa shape index (κ2) is 5.95. The number of halogens is 2. The molecule has 0 aliphatic rings. The van der Waals surface area contributed by atoms with Crippen LogP contribution in [0.1, 0.15) is 10.4 Å². The summed E-state index contributed by atoms with van der Waals surface area (Å²) >= 11 is 6.71. The van der Waals surface area contributed by atoms with Gasteiger partial charge in [-0.1, -0.05) is 28.1 Å². The average molecular weight is 406 g/mol. The number of hydrogen-bond donors (Lipinski definition) is 1. The average Bonchev–Trinajstić information content (AvgIpc) is 2.47. The van der Waals surface area contributed by atoms with Crippen LogP contribution >= 0.6 is 31.9 Å². The lowest BCUT2D eigenvalue weighted by Gasteiger charge is -2.07. The molecule has 0 saturated carbocycles. The smallest absolute Gasteiger partial charge is 0.255 e. The van der Waals surface area contributed by atoms with Gasteiger partial charge in [-0.3, -0.25) is 4.79 Å². The Bertz CT molecular complexity index is 833. The van der Waals surface area contributed by atoms with Gasteiger partial charge in [-0.15, -0.1) is 0 Å². The van der Waals surface area contributed by atoms with E-state index in [1.807, 2.05) is 36.4 Å². The van der Waals surface area contributed by atoms with E-state index < -0.39 is 0 Å². The molecule has 0 unspecified atom stereocenters. The summed E-state index contributed by atoms with van der Waals surface area (Å²) in [5.74, 6) is -0.158. The van der Waals surface area contributed by atoms with Crippen molar-refractivity contribution >= 4 is 54.2 Å². The van der Waals surface area contributed by atoms with Crippen molar-refractivity contribution in [2.45, 2.75) is 0 Å². The molecule has 0 radical (unpaired) electrons. The van der Waals surface area contributed by atoms with Crippen LogP contribution in [0.5, 0.6) is 0 Å². The van der Waals surface area contributed by atoms with Crippen molar-refractivity contribution in [3.05, 3.63) is 69.4 Å². The number of amides is 1. The van der Waals surface area contributed by atoms with Gasteiger partial charge in [0.1, 0.15) is 4.60 Å². The van der Waals surface area contributed by atoms with Crippen molar-refractivity contribution in [1.82, 2.24) is 4.98 Å². The van der Waals surface area contributed by atoms with E-state index in [2.05, 4.69) is 42.2 Å². The molecular weight excluding hydrogens is 396 g/mol. The molecule has 1 heterocycles. The minimum absolute atomic E-state index is 0.158. The first-order valence-corrected chi connectivity index (χ1v) is 7.83. The quantitative estimate of drug-likeness (QED) is 0.608. The van der Waals surface area contributed by atoms with Crippen molar-refractivity contribution in [2.24, 2.45) is 0 Å². The van der Waals surface area contributed by atoms with Crippen LogP contribution in [0.15, 0.2) is 63.8 Å². The topological polar surface area (TPSA) is 42.0 Å². The van der Waals surface area contributed by atoms with E-state index in [-0.39, 0.29) is 5.91 Å². The number of hydrogen-bond acceptors (Lipinski definition) is 2. The Labute approximate surface area is 138 Å². The van der Waals surface area contributed by atoms with Crippen molar-refractivity contribution in [3.8, 4) is 0 Å². The molecule has 0 aliphatic carbocycles. The Balaban J connectivity index is 1.87. The zero-order valence-corrected chi connectivity index (χ0v) is 14.0. The first kappa shape index (κ1) is 14.2. The van der Waals surface area contributed by atoms with Crippen LogP contribution in [0.3, 0.4) is 0 Å². The molecule has 2 aromatic carbocycles. The molecule has 104 valence electrons. The summed E-state index contributed by atoms with van der Waals surface area (Å²) in [6.45, 7) is 0. The molecule has 0 atom stereocenters. The van der Waals surface area contributed by atoms with Gasteiger partial charge in [-0.25, -0.2) is 4.98 Å². The highest BCUT2D eigenvalue weighted by molar-refractivity contribution is 9.10. The number of benzene rings is 2. The van der Waals surface area contributed by atoms with Crippen LogP contribution in [0.25, 0.3) is 10.8 Å². The number of anilines is 1. The number of carbonyl (C=O) groups excluding carboxylic acids is 1. The lowest BCUT2D eigenvalue weighted by Crippen LogP contribution is -2.11. The van der Waals surface area contributed by atoms with Crippen molar-refractivity contribution in [3.63, 3.8) is 0 Å². The predicted octanol–water partition coefficient (Wildman–Crippen LogP) is 5.01. The summed E-state index contributed by atoms with van der Waals surface area (Å²) in [7, 11) is 0. The molecule has 3 aromatic rings. The van der Waals surface area contributed by atoms with Gasteiger partial charge in [0, 0.05) is 21.9 Å². The van der Waals surface area contributed by atoms with E-state index in [1.54, 1.807) is 18.3 Å². The molecule has 21 heavy (non-hydrogen) atoms. The lowest BCUT2D eigenvalue weighted by atomic mass is 10.1. The summed E-state index contributed by atoms with van der Waals surface area (Å²) in [6.07, 6.45) is 1.59. The van der Waals surface area contributed by atoms with Gasteiger partial charge >= 0.3 is 0 Å². The van der Waals surface area contributed by atoms with Gasteiger partial charge in [0.15, 0.2) is 0 Å². The van der Waals surface area contributed by atoms with Crippen molar-refractivity contribution < 1.29 is 4.79 Å². The SMILES string of the molecule is O=C(Nc1ccc2cc(Br)ccc2c1)c1ccnc(Br)c1. The van der Waals surface area contributed by atoms with E-state index in [4.69, 9.17) is 0 Å². The Morgan fingerprint density at radius 1 is 0.952 bits per heavy atom. The molecule has 0 saturated heterocycles. The first-order chi connectivity index (χ1) is 10.1. The van der Waals surface area contributed by atoms with Crippen LogP contribution in [-0.4, -0.2) is 10.9 Å². The Morgan fingerprint density at radius 2 is 1.71 bits per heavy atom. The molecule has 3 nitrogen and oxygen atoms in total. The molecule has 1 amide bonds. The summed E-state index contributed by atoms with van der Waals surface area (Å²) in [4.78, 5) is 16.2. The summed E-state index contributed by atoms with van der Waals surface area (Å²) in [6, 6.07) is 15.2. The lowest BCUT2D eigenvalue weighted by molar-refractivity contribution is 0.102. The maximum atomic E-state index is 12.2. The molecule has 1 N–H and O–H groups in total. The molecule has 1 aromatic heterocycles. The van der Waals surface area contributed by atoms with Crippen molar-refractivity contribution in [1.29, 1.82) is 0 Å². The van der Waals surface area contributed by atoms with E-state index in [0.717, 1.165) is 20.9 Å². The molecular formula is C16H10Br2N2O. The van der Waals surface area contributed by atoms with Crippen molar-refractivity contribution in [2.75, 3.05) is 5.32 Å². The van der Waals surface area contributed by atoms with Gasteiger partial charge in [0.25, 0.3) is 5.91 Å². The number of nitrogens with zero attached hydrogens (tertiary/aromatic N) is 1. The number of carbonyl (C=O) groups is 1. The summed E-state index contributed by atoms with van der Waals surface area (Å²) < 4.78 is 1.67. The Morgan fingerprint density at radius 3 is 2.52 bits per heavy atom. The monoisotopic (exact) mass is 404 g/mol. The van der Waals surface area contributed by atoms with Gasteiger partial charge < -0.3 is 5.32 Å². The maximum absolute atomic E-state index is 12.2. The molecule has 3 rings (SSSR count). The number of nitrogens with one attached hydrogen (secondary N) is 1. The molecule has 0 fully saturated rings. The zero-order chi connectivity index (χ0) is 14.8. The standard InChI is InChI=1S/C16H10Br2N2O/c17-13-3-1-11-8-14(4-2-10(11)7-13)20-16(21)12-5-6-19-15(18)9-12/h1-9H,(H,20,21). The first-order valence-electron chi connectivity index (χ1n) is 6.24. The normalized spacial score (nSPS) is 10.6. The highest BCUT2D eigenvalue weighted by atomic mass is 79.9. The number of pyridine rings is 1. The molecule has 0 bridgehead atoms.